The molecule has 0 saturated carbocycles. The van der Waals surface area contributed by atoms with Gasteiger partial charge in [-0.05, 0) is 35.4 Å². The quantitative estimate of drug-likeness (QED) is 0.193. The van der Waals surface area contributed by atoms with Gasteiger partial charge in [-0.2, -0.15) is 0 Å². The van der Waals surface area contributed by atoms with Crippen LogP contribution in [0.25, 0.3) is 87.4 Å². The molecule has 6 aromatic carbocycles. The van der Waals surface area contributed by atoms with Crippen LogP contribution in [0, 0.1) is 0 Å². The van der Waals surface area contributed by atoms with Crippen LogP contribution in [0.15, 0.2) is 164 Å². The van der Waals surface area contributed by atoms with Gasteiger partial charge in [0.2, 0.25) is 0 Å². The highest BCUT2D eigenvalue weighted by molar-refractivity contribution is 7.26. The molecule has 3 heterocycles. The second-order valence-electron chi connectivity index (χ2n) is 11.6. The van der Waals surface area contributed by atoms with Crippen LogP contribution in [0.3, 0.4) is 0 Å². The number of benzene rings is 6. The first kappa shape index (κ1) is 27.3. The highest BCUT2D eigenvalue weighted by Crippen LogP contribution is 2.43. The number of pyridine rings is 1. The van der Waals surface area contributed by atoms with E-state index in [9.17, 15) is 0 Å². The summed E-state index contributed by atoms with van der Waals surface area (Å²) in [4.78, 5) is 15.5. The summed E-state index contributed by atoms with van der Waals surface area (Å²) < 4.78 is 2.54. The average Bonchev–Trinajstić information content (AvgIpc) is 3.55. The van der Waals surface area contributed by atoms with E-state index in [-0.39, 0.29) is 0 Å². The van der Waals surface area contributed by atoms with Crippen molar-refractivity contribution in [2.45, 2.75) is 0 Å². The van der Waals surface area contributed by atoms with Crippen LogP contribution >= 0.6 is 11.3 Å². The van der Waals surface area contributed by atoms with Crippen LogP contribution in [0.1, 0.15) is 0 Å². The highest BCUT2D eigenvalue weighted by atomic mass is 32.1. The molecule has 0 bridgehead atoms. The highest BCUT2D eigenvalue weighted by Gasteiger charge is 2.17. The standard InChI is InChI=1S/C43H27N3S/c1-3-12-28(13-4-1)29-22-24-30(25-23-29)37-27-38(46-43(45-37)31-14-5-2-6-15-31)32-16-11-17-33(26-32)41-40-35-19-8-10-21-39(35)47-42(40)34-18-7-9-20-36(34)44-41/h1-27H. The van der Waals surface area contributed by atoms with E-state index in [0.29, 0.717) is 5.82 Å². The van der Waals surface area contributed by atoms with Crippen LogP contribution in [-0.4, -0.2) is 15.0 Å². The molecule has 4 heteroatoms. The zero-order valence-electron chi connectivity index (χ0n) is 25.3. The fourth-order valence-electron chi connectivity index (χ4n) is 6.37. The van der Waals surface area contributed by atoms with Gasteiger partial charge in [0.05, 0.1) is 22.6 Å². The van der Waals surface area contributed by atoms with E-state index < -0.39 is 0 Å². The molecule has 0 radical (unpaired) electrons. The zero-order chi connectivity index (χ0) is 31.2. The van der Waals surface area contributed by atoms with Crippen molar-refractivity contribution in [3.63, 3.8) is 0 Å². The lowest BCUT2D eigenvalue weighted by atomic mass is 9.99. The van der Waals surface area contributed by atoms with Crippen molar-refractivity contribution in [2.75, 3.05) is 0 Å². The van der Waals surface area contributed by atoms with E-state index in [1.165, 1.54) is 36.7 Å². The number of nitrogens with zero attached hydrogens (tertiary/aromatic N) is 3. The number of aromatic nitrogens is 3. The Morgan fingerprint density at radius 2 is 0.957 bits per heavy atom. The van der Waals surface area contributed by atoms with Gasteiger partial charge in [-0.15, -0.1) is 11.3 Å². The Kier molecular flexibility index (Phi) is 6.65. The fourth-order valence-corrected chi connectivity index (χ4v) is 7.61. The first-order chi connectivity index (χ1) is 23.3. The summed E-state index contributed by atoms with van der Waals surface area (Å²) in [5, 5.41) is 3.63. The van der Waals surface area contributed by atoms with Crippen molar-refractivity contribution in [1.82, 2.24) is 15.0 Å². The molecule has 0 aliphatic heterocycles. The number of fused-ring (bicyclic) bond motifs is 5. The number of para-hydroxylation sites is 1. The van der Waals surface area contributed by atoms with Crippen molar-refractivity contribution in [3.8, 4) is 56.3 Å². The Hall–Kier alpha value is -5.97. The molecule has 9 rings (SSSR count). The molecule has 0 saturated heterocycles. The van der Waals surface area contributed by atoms with Crippen molar-refractivity contribution in [3.05, 3.63) is 164 Å². The second kappa shape index (κ2) is 11.4. The summed E-state index contributed by atoms with van der Waals surface area (Å²) in [6.07, 6.45) is 0. The molecule has 47 heavy (non-hydrogen) atoms. The Labute approximate surface area is 276 Å². The largest absolute Gasteiger partial charge is 0.247 e. The van der Waals surface area contributed by atoms with Gasteiger partial charge < -0.3 is 0 Å². The van der Waals surface area contributed by atoms with E-state index in [0.717, 1.165) is 44.9 Å². The minimum atomic E-state index is 0.700. The molecular weight excluding hydrogens is 591 g/mol. The monoisotopic (exact) mass is 617 g/mol. The van der Waals surface area contributed by atoms with E-state index in [1.54, 1.807) is 0 Å². The fraction of sp³-hybridized carbons (Fsp3) is 0. The van der Waals surface area contributed by atoms with Gasteiger partial charge in [-0.25, -0.2) is 15.0 Å². The Balaban J connectivity index is 1.21. The molecule has 220 valence electrons. The molecule has 0 N–H and O–H groups in total. The molecule has 3 aromatic heterocycles. The number of hydrogen-bond acceptors (Lipinski definition) is 4. The molecule has 0 amide bonds. The maximum atomic E-state index is 5.27. The van der Waals surface area contributed by atoms with Crippen LogP contribution in [0.5, 0.6) is 0 Å². The predicted octanol–water partition coefficient (Wildman–Crippen LogP) is 11.7. The first-order valence-electron chi connectivity index (χ1n) is 15.7. The molecule has 0 unspecified atom stereocenters. The van der Waals surface area contributed by atoms with Gasteiger partial charge in [0.1, 0.15) is 0 Å². The molecule has 9 aromatic rings. The number of rotatable bonds is 5. The first-order valence-corrected chi connectivity index (χ1v) is 16.5. The minimum Gasteiger partial charge on any atom is -0.247 e. The second-order valence-corrected chi connectivity index (χ2v) is 12.7. The van der Waals surface area contributed by atoms with Gasteiger partial charge >= 0.3 is 0 Å². The van der Waals surface area contributed by atoms with Crippen LogP contribution in [0.2, 0.25) is 0 Å². The lowest BCUT2D eigenvalue weighted by molar-refractivity contribution is 1.18. The smallest absolute Gasteiger partial charge is 0.160 e. The third-order valence-corrected chi connectivity index (χ3v) is 9.89. The van der Waals surface area contributed by atoms with Gasteiger partial charge in [0.25, 0.3) is 0 Å². The third kappa shape index (κ3) is 4.96. The van der Waals surface area contributed by atoms with Gasteiger partial charge in [0, 0.05) is 47.8 Å². The third-order valence-electron chi connectivity index (χ3n) is 8.69. The van der Waals surface area contributed by atoms with Crippen molar-refractivity contribution in [2.24, 2.45) is 0 Å². The zero-order valence-corrected chi connectivity index (χ0v) is 26.2. The molecule has 3 nitrogen and oxygen atoms in total. The van der Waals surface area contributed by atoms with Crippen molar-refractivity contribution in [1.29, 1.82) is 0 Å². The Morgan fingerprint density at radius 1 is 0.383 bits per heavy atom. The summed E-state index contributed by atoms with van der Waals surface area (Å²) in [5.41, 5.74) is 10.2. The summed E-state index contributed by atoms with van der Waals surface area (Å²) >= 11 is 1.84. The van der Waals surface area contributed by atoms with E-state index in [1.807, 2.05) is 35.6 Å². The molecule has 0 aliphatic carbocycles. The number of hydrogen-bond donors (Lipinski definition) is 0. The lowest BCUT2D eigenvalue weighted by Gasteiger charge is -2.12. The molecule has 0 aliphatic rings. The Bertz CT molecular complexity index is 2550. The summed E-state index contributed by atoms with van der Waals surface area (Å²) in [6.45, 7) is 0. The topological polar surface area (TPSA) is 38.7 Å². The SMILES string of the molecule is c1ccc(-c2ccc(-c3cc(-c4cccc(-c5nc6ccccc6c6sc7ccccc7c56)c4)nc(-c4ccccc4)n3)cc2)cc1. The maximum Gasteiger partial charge on any atom is 0.160 e. The predicted molar refractivity (Wildman–Crippen MR) is 197 cm³/mol. The summed E-state index contributed by atoms with van der Waals surface area (Å²) in [5.74, 6) is 0.700. The van der Waals surface area contributed by atoms with Gasteiger partial charge in [-0.1, -0.05) is 140 Å². The minimum absolute atomic E-state index is 0.700. The van der Waals surface area contributed by atoms with Gasteiger partial charge in [-0.3, -0.25) is 0 Å². The van der Waals surface area contributed by atoms with E-state index >= 15 is 0 Å². The molecule has 0 fully saturated rings. The Morgan fingerprint density at radius 3 is 1.74 bits per heavy atom. The van der Waals surface area contributed by atoms with E-state index in [4.69, 9.17) is 15.0 Å². The van der Waals surface area contributed by atoms with Crippen molar-refractivity contribution >= 4 is 42.4 Å². The normalized spacial score (nSPS) is 11.4. The molecule has 0 spiro atoms. The average molecular weight is 618 g/mol. The summed E-state index contributed by atoms with van der Waals surface area (Å²) in [6, 6.07) is 57.1. The van der Waals surface area contributed by atoms with Gasteiger partial charge in [0.15, 0.2) is 5.82 Å². The van der Waals surface area contributed by atoms with Crippen LogP contribution < -0.4 is 0 Å². The van der Waals surface area contributed by atoms with Crippen molar-refractivity contribution < 1.29 is 0 Å². The maximum absolute atomic E-state index is 5.27. The van der Waals surface area contributed by atoms with E-state index in [2.05, 4.69) is 140 Å². The van der Waals surface area contributed by atoms with Crippen LogP contribution in [-0.2, 0) is 0 Å². The summed E-state index contributed by atoms with van der Waals surface area (Å²) in [7, 11) is 0. The molecular formula is C43H27N3S. The molecule has 0 atom stereocenters. The lowest BCUT2D eigenvalue weighted by Crippen LogP contribution is -1.96. The van der Waals surface area contributed by atoms with Crippen LogP contribution in [0.4, 0.5) is 0 Å². The number of thiophene rings is 1.